The maximum absolute atomic E-state index is 11.6. The van der Waals surface area contributed by atoms with Gasteiger partial charge in [0.15, 0.2) is 0 Å². The third kappa shape index (κ3) is 2.86. The topological polar surface area (TPSA) is 29.5 Å². The van der Waals surface area contributed by atoms with E-state index >= 15 is 0 Å². The Kier molecular flexibility index (Phi) is 3.97. The number of benzene rings is 1. The van der Waals surface area contributed by atoms with Crippen molar-refractivity contribution in [3.8, 4) is 5.75 Å². The van der Waals surface area contributed by atoms with Crippen molar-refractivity contribution in [3.63, 3.8) is 0 Å². The second-order valence-electron chi connectivity index (χ2n) is 3.21. The Balaban J connectivity index is 2.90. The molecule has 0 aromatic heterocycles. The number of ether oxygens (including phenoxy) is 1. The first-order chi connectivity index (χ1) is 7.06. The first-order valence-corrected chi connectivity index (χ1v) is 5.05. The molecule has 0 radical (unpaired) electrons. The average molecular weight is 228 g/mol. The maximum atomic E-state index is 11.6. The van der Waals surface area contributed by atoms with Gasteiger partial charge in [0.05, 0.1) is 7.11 Å². The van der Waals surface area contributed by atoms with Crippen LogP contribution in [-0.4, -0.2) is 25.4 Å². The van der Waals surface area contributed by atoms with Crippen LogP contribution in [0.4, 0.5) is 5.69 Å². The highest BCUT2D eigenvalue weighted by atomic mass is 35.5. The molecule has 15 heavy (non-hydrogen) atoms. The predicted octanol–water partition coefficient (Wildman–Crippen LogP) is 2.29. The smallest absolute Gasteiger partial charge is 0.244 e. The molecule has 0 bridgehead atoms. The van der Waals surface area contributed by atoms with Crippen molar-refractivity contribution in [2.24, 2.45) is 0 Å². The number of carbonyl (C=O) groups is 1. The zero-order valence-electron chi connectivity index (χ0n) is 9.03. The molecule has 1 aromatic carbocycles. The number of rotatable bonds is 3. The molecule has 1 amide bonds. The third-order valence-electron chi connectivity index (χ3n) is 2.11. The van der Waals surface area contributed by atoms with Gasteiger partial charge < -0.3 is 9.64 Å². The van der Waals surface area contributed by atoms with Crippen molar-refractivity contribution in [1.82, 2.24) is 0 Å². The Hall–Kier alpha value is -1.22. The Labute approximate surface area is 94.6 Å². The summed E-state index contributed by atoms with van der Waals surface area (Å²) >= 11 is 5.72. The molecule has 82 valence electrons. The molecule has 0 fully saturated rings. The molecule has 1 rings (SSSR count). The molecule has 0 saturated carbocycles. The van der Waals surface area contributed by atoms with E-state index in [2.05, 4.69) is 0 Å². The molecule has 3 nitrogen and oxygen atoms in total. The van der Waals surface area contributed by atoms with Crippen molar-refractivity contribution < 1.29 is 9.53 Å². The second kappa shape index (κ2) is 5.03. The maximum Gasteiger partial charge on any atom is 0.244 e. The van der Waals surface area contributed by atoms with Crippen LogP contribution < -0.4 is 9.64 Å². The summed E-state index contributed by atoms with van der Waals surface area (Å²) in [7, 11) is 3.28. The molecule has 1 unspecified atom stereocenters. The minimum atomic E-state index is -0.527. The van der Waals surface area contributed by atoms with Gasteiger partial charge in [0.25, 0.3) is 0 Å². The predicted molar refractivity (Wildman–Crippen MR) is 61.7 cm³/mol. The summed E-state index contributed by atoms with van der Waals surface area (Å²) in [5.74, 6) is 0.583. The van der Waals surface area contributed by atoms with E-state index in [0.29, 0.717) is 0 Å². The van der Waals surface area contributed by atoms with Crippen LogP contribution in [0.1, 0.15) is 6.92 Å². The van der Waals surface area contributed by atoms with Gasteiger partial charge in [0.1, 0.15) is 11.1 Å². The summed E-state index contributed by atoms with van der Waals surface area (Å²) in [6, 6.07) is 7.28. The number of methoxy groups -OCH3 is 1. The summed E-state index contributed by atoms with van der Waals surface area (Å²) in [5.41, 5.74) is 0.770. The van der Waals surface area contributed by atoms with E-state index in [1.807, 2.05) is 18.2 Å². The van der Waals surface area contributed by atoms with Crippen LogP contribution in [0.25, 0.3) is 0 Å². The molecular formula is C11H14ClNO2. The molecule has 1 atom stereocenters. The fourth-order valence-electron chi connectivity index (χ4n) is 1.21. The molecule has 0 aliphatic rings. The summed E-state index contributed by atoms with van der Waals surface area (Å²) in [6.07, 6.45) is 0. The largest absolute Gasteiger partial charge is 0.497 e. The Bertz CT molecular complexity index is 352. The van der Waals surface area contributed by atoms with Gasteiger partial charge in [0, 0.05) is 18.8 Å². The van der Waals surface area contributed by atoms with Gasteiger partial charge in [0.2, 0.25) is 5.91 Å². The minimum absolute atomic E-state index is 0.134. The lowest BCUT2D eigenvalue weighted by Gasteiger charge is -2.19. The van der Waals surface area contributed by atoms with Gasteiger partial charge >= 0.3 is 0 Å². The molecule has 0 spiro atoms. The van der Waals surface area contributed by atoms with Crippen LogP contribution in [0.2, 0.25) is 0 Å². The summed E-state index contributed by atoms with van der Waals surface area (Å²) in [6.45, 7) is 1.65. The number of anilines is 1. The van der Waals surface area contributed by atoms with Crippen molar-refractivity contribution in [2.45, 2.75) is 12.3 Å². The number of alkyl halides is 1. The quantitative estimate of drug-likeness (QED) is 0.742. The van der Waals surface area contributed by atoms with Gasteiger partial charge in [-0.25, -0.2) is 0 Å². The number of nitrogens with zero attached hydrogens (tertiary/aromatic N) is 1. The first-order valence-electron chi connectivity index (χ1n) is 4.62. The van der Waals surface area contributed by atoms with Crippen LogP contribution in [0.15, 0.2) is 24.3 Å². The highest BCUT2D eigenvalue weighted by molar-refractivity contribution is 6.32. The molecule has 0 aliphatic heterocycles. The fourth-order valence-corrected chi connectivity index (χ4v) is 1.36. The van der Waals surface area contributed by atoms with E-state index in [1.54, 1.807) is 27.1 Å². The van der Waals surface area contributed by atoms with Crippen molar-refractivity contribution >= 4 is 23.2 Å². The number of carbonyl (C=O) groups excluding carboxylic acids is 1. The van der Waals surface area contributed by atoms with E-state index < -0.39 is 5.38 Å². The number of hydrogen-bond donors (Lipinski definition) is 0. The van der Waals surface area contributed by atoms with Crippen molar-refractivity contribution in [2.75, 3.05) is 19.1 Å². The van der Waals surface area contributed by atoms with E-state index in [9.17, 15) is 4.79 Å². The summed E-state index contributed by atoms with van der Waals surface area (Å²) in [4.78, 5) is 13.1. The van der Waals surface area contributed by atoms with E-state index in [4.69, 9.17) is 16.3 Å². The third-order valence-corrected chi connectivity index (χ3v) is 2.30. The Morgan fingerprint density at radius 2 is 2.20 bits per heavy atom. The molecular weight excluding hydrogens is 214 g/mol. The summed E-state index contributed by atoms with van der Waals surface area (Å²) < 4.78 is 5.07. The van der Waals surface area contributed by atoms with E-state index in [1.165, 1.54) is 4.90 Å². The van der Waals surface area contributed by atoms with Crippen LogP contribution in [0.3, 0.4) is 0 Å². The molecule has 1 aromatic rings. The fraction of sp³-hybridized carbons (Fsp3) is 0.364. The molecule has 4 heteroatoms. The molecule has 0 heterocycles. The minimum Gasteiger partial charge on any atom is -0.497 e. The van der Waals surface area contributed by atoms with E-state index in [0.717, 1.165) is 11.4 Å². The highest BCUT2D eigenvalue weighted by Crippen LogP contribution is 2.20. The van der Waals surface area contributed by atoms with E-state index in [-0.39, 0.29) is 5.91 Å². The normalized spacial score (nSPS) is 12.0. The van der Waals surface area contributed by atoms with Gasteiger partial charge in [-0.3, -0.25) is 4.79 Å². The van der Waals surface area contributed by atoms with Gasteiger partial charge in [-0.05, 0) is 19.1 Å². The van der Waals surface area contributed by atoms with Crippen LogP contribution in [0, 0.1) is 0 Å². The van der Waals surface area contributed by atoms with Crippen molar-refractivity contribution in [1.29, 1.82) is 0 Å². The monoisotopic (exact) mass is 227 g/mol. The lowest BCUT2D eigenvalue weighted by atomic mass is 10.2. The first kappa shape index (κ1) is 11.9. The standard InChI is InChI=1S/C11H14ClNO2/c1-8(12)11(14)13(2)9-5-4-6-10(7-9)15-3/h4-8H,1-3H3. The summed E-state index contributed by atoms with van der Waals surface area (Å²) in [5, 5.41) is -0.527. The molecule has 0 N–H and O–H groups in total. The molecule has 0 aliphatic carbocycles. The van der Waals surface area contributed by atoms with Gasteiger partial charge in [-0.2, -0.15) is 0 Å². The zero-order valence-corrected chi connectivity index (χ0v) is 9.78. The van der Waals surface area contributed by atoms with Crippen LogP contribution in [-0.2, 0) is 4.79 Å². The average Bonchev–Trinajstić information content (AvgIpc) is 2.27. The lowest BCUT2D eigenvalue weighted by Crippen LogP contribution is -2.31. The SMILES string of the molecule is COc1cccc(N(C)C(=O)C(C)Cl)c1. The van der Waals surface area contributed by atoms with Crippen LogP contribution >= 0.6 is 11.6 Å². The van der Waals surface area contributed by atoms with Crippen molar-refractivity contribution in [3.05, 3.63) is 24.3 Å². The number of amides is 1. The zero-order chi connectivity index (χ0) is 11.4. The number of halogens is 1. The van der Waals surface area contributed by atoms with Gasteiger partial charge in [-0.1, -0.05) is 6.07 Å². The van der Waals surface area contributed by atoms with Gasteiger partial charge in [-0.15, -0.1) is 11.6 Å². The highest BCUT2D eigenvalue weighted by Gasteiger charge is 2.16. The lowest BCUT2D eigenvalue weighted by molar-refractivity contribution is -0.117. The molecule has 0 saturated heterocycles. The van der Waals surface area contributed by atoms with Crippen LogP contribution in [0.5, 0.6) is 5.75 Å². The second-order valence-corrected chi connectivity index (χ2v) is 3.87. The number of hydrogen-bond acceptors (Lipinski definition) is 2. The Morgan fingerprint density at radius 3 is 2.73 bits per heavy atom. The Morgan fingerprint density at radius 1 is 1.53 bits per heavy atom.